The van der Waals surface area contributed by atoms with Crippen LogP contribution in [0.2, 0.25) is 0 Å². The summed E-state index contributed by atoms with van der Waals surface area (Å²) in [5.41, 5.74) is 9.11. The van der Waals surface area contributed by atoms with Gasteiger partial charge in [0.05, 0.1) is 0 Å². The second kappa shape index (κ2) is 6.49. The van der Waals surface area contributed by atoms with Crippen molar-refractivity contribution in [2.75, 3.05) is 6.54 Å². The van der Waals surface area contributed by atoms with Crippen molar-refractivity contribution in [1.82, 2.24) is 10.3 Å². The summed E-state index contributed by atoms with van der Waals surface area (Å²) in [6.45, 7) is 2.15. The first-order valence-corrected chi connectivity index (χ1v) is 6.82. The molecular weight excluding hydrogens is 246 g/mol. The van der Waals surface area contributed by atoms with Crippen LogP contribution in [0.3, 0.4) is 0 Å². The van der Waals surface area contributed by atoms with Crippen molar-refractivity contribution in [1.29, 1.82) is 0 Å². The molecule has 0 saturated carbocycles. The van der Waals surface area contributed by atoms with E-state index in [1.807, 2.05) is 17.5 Å². The fourth-order valence-corrected chi connectivity index (χ4v) is 2.43. The first-order chi connectivity index (χ1) is 8.79. The number of aromatic amines is 1. The van der Waals surface area contributed by atoms with Gasteiger partial charge in [0.15, 0.2) is 0 Å². The fourth-order valence-electron chi connectivity index (χ4n) is 1.85. The van der Waals surface area contributed by atoms with E-state index in [2.05, 4.69) is 22.4 Å². The molecule has 0 aliphatic rings. The van der Waals surface area contributed by atoms with E-state index >= 15 is 0 Å². The van der Waals surface area contributed by atoms with Crippen molar-refractivity contribution >= 4 is 11.3 Å². The van der Waals surface area contributed by atoms with Crippen molar-refractivity contribution < 1.29 is 0 Å². The van der Waals surface area contributed by atoms with Gasteiger partial charge in [0, 0.05) is 24.2 Å². The molecular formula is C13H17N3OS. The van der Waals surface area contributed by atoms with Crippen LogP contribution in [0.1, 0.15) is 16.8 Å². The number of aromatic nitrogens is 1. The van der Waals surface area contributed by atoms with Gasteiger partial charge in [-0.25, -0.2) is 0 Å². The summed E-state index contributed by atoms with van der Waals surface area (Å²) in [6.07, 6.45) is 0.946. The minimum absolute atomic E-state index is 0.000257. The van der Waals surface area contributed by atoms with Gasteiger partial charge >= 0.3 is 4.87 Å². The van der Waals surface area contributed by atoms with Gasteiger partial charge in [-0.15, -0.1) is 0 Å². The molecule has 2 rings (SSSR count). The van der Waals surface area contributed by atoms with Crippen LogP contribution < -0.4 is 15.9 Å². The number of hydrogen-bond donors (Lipinski definition) is 3. The number of rotatable bonds is 6. The normalized spacial score (nSPS) is 10.7. The zero-order valence-electron chi connectivity index (χ0n) is 10.1. The zero-order chi connectivity index (χ0) is 12.8. The monoisotopic (exact) mass is 263 g/mol. The maximum absolute atomic E-state index is 10.9. The van der Waals surface area contributed by atoms with Gasteiger partial charge in [-0.1, -0.05) is 35.6 Å². The lowest BCUT2D eigenvalue weighted by atomic mass is 10.0. The molecule has 4 N–H and O–H groups in total. The molecule has 96 valence electrons. The van der Waals surface area contributed by atoms with E-state index in [-0.39, 0.29) is 4.87 Å². The number of hydrogen-bond acceptors (Lipinski definition) is 4. The molecule has 0 atom stereocenters. The van der Waals surface area contributed by atoms with Crippen molar-refractivity contribution in [3.63, 3.8) is 0 Å². The lowest BCUT2D eigenvalue weighted by Gasteiger charge is -2.08. The summed E-state index contributed by atoms with van der Waals surface area (Å²) in [4.78, 5) is 13.7. The predicted octanol–water partition coefficient (Wildman–Crippen LogP) is 1.23. The van der Waals surface area contributed by atoms with E-state index in [0.29, 0.717) is 13.1 Å². The second-order valence-electron chi connectivity index (χ2n) is 4.07. The van der Waals surface area contributed by atoms with E-state index in [9.17, 15) is 4.79 Å². The topological polar surface area (TPSA) is 70.9 Å². The van der Waals surface area contributed by atoms with Gasteiger partial charge in [-0.05, 0) is 24.1 Å². The van der Waals surface area contributed by atoms with Gasteiger partial charge in [0.1, 0.15) is 0 Å². The maximum Gasteiger partial charge on any atom is 0.304 e. The summed E-state index contributed by atoms with van der Waals surface area (Å²) in [5, 5.41) is 5.16. The van der Waals surface area contributed by atoms with Gasteiger partial charge in [-0.3, -0.25) is 4.79 Å². The van der Waals surface area contributed by atoms with E-state index in [1.165, 1.54) is 22.5 Å². The minimum atomic E-state index is 0.000257. The van der Waals surface area contributed by atoms with Crippen LogP contribution in [0.15, 0.2) is 34.4 Å². The van der Waals surface area contributed by atoms with Crippen molar-refractivity contribution in [2.45, 2.75) is 19.5 Å². The van der Waals surface area contributed by atoms with Crippen molar-refractivity contribution in [3.8, 4) is 0 Å². The van der Waals surface area contributed by atoms with E-state index in [0.717, 1.165) is 18.7 Å². The molecule has 18 heavy (non-hydrogen) atoms. The largest absolute Gasteiger partial charge is 0.326 e. The van der Waals surface area contributed by atoms with Gasteiger partial charge in [-0.2, -0.15) is 0 Å². The highest BCUT2D eigenvalue weighted by Gasteiger charge is 2.00. The number of benzene rings is 1. The molecule has 4 nitrogen and oxygen atoms in total. The van der Waals surface area contributed by atoms with Crippen molar-refractivity contribution in [3.05, 3.63) is 56.1 Å². The summed E-state index contributed by atoms with van der Waals surface area (Å²) >= 11 is 1.20. The van der Waals surface area contributed by atoms with Crippen molar-refractivity contribution in [2.24, 2.45) is 5.73 Å². The SMILES string of the molecule is NCc1ccccc1CCNCc1csc(=O)[nH]1. The standard InChI is InChI=1S/C13H17N3OS/c14-7-11-4-2-1-3-10(11)5-6-15-8-12-9-18-13(17)16-12/h1-4,9,15H,5-8,14H2,(H,16,17). The minimum Gasteiger partial charge on any atom is -0.326 e. The van der Waals surface area contributed by atoms with Crippen LogP contribution in [0.25, 0.3) is 0 Å². The molecule has 0 radical (unpaired) electrons. The molecule has 0 spiro atoms. The van der Waals surface area contributed by atoms with Crippen LogP contribution in [-0.4, -0.2) is 11.5 Å². The summed E-state index contributed by atoms with van der Waals surface area (Å²) in [5.74, 6) is 0. The van der Waals surface area contributed by atoms with Gasteiger partial charge in [0.25, 0.3) is 0 Å². The van der Waals surface area contributed by atoms with E-state index < -0.39 is 0 Å². The average molecular weight is 263 g/mol. The second-order valence-corrected chi connectivity index (χ2v) is 4.92. The third kappa shape index (κ3) is 3.53. The maximum atomic E-state index is 10.9. The Morgan fingerprint density at radius 3 is 2.72 bits per heavy atom. The fraction of sp³-hybridized carbons (Fsp3) is 0.308. The lowest BCUT2D eigenvalue weighted by Crippen LogP contribution is -2.18. The third-order valence-corrected chi connectivity index (χ3v) is 3.51. The smallest absolute Gasteiger partial charge is 0.304 e. The van der Waals surface area contributed by atoms with E-state index in [1.54, 1.807) is 0 Å². The highest BCUT2D eigenvalue weighted by atomic mass is 32.1. The Kier molecular flexibility index (Phi) is 4.69. The summed E-state index contributed by atoms with van der Waals surface area (Å²) in [6, 6.07) is 8.21. The molecule has 0 unspecified atom stereocenters. The number of nitrogens with one attached hydrogen (secondary N) is 2. The highest BCUT2D eigenvalue weighted by molar-refractivity contribution is 7.07. The van der Waals surface area contributed by atoms with Gasteiger partial charge < -0.3 is 16.0 Å². The summed E-state index contributed by atoms with van der Waals surface area (Å²) in [7, 11) is 0. The molecule has 5 heteroatoms. The Hall–Kier alpha value is -1.43. The molecule has 0 amide bonds. The Balaban J connectivity index is 1.80. The zero-order valence-corrected chi connectivity index (χ0v) is 10.9. The number of thiazole rings is 1. The first kappa shape index (κ1) is 13.0. The molecule has 2 aromatic rings. The molecule has 0 bridgehead atoms. The average Bonchev–Trinajstić information content (AvgIpc) is 2.81. The predicted molar refractivity (Wildman–Crippen MR) is 74.7 cm³/mol. The van der Waals surface area contributed by atoms with Crippen LogP contribution >= 0.6 is 11.3 Å². The van der Waals surface area contributed by atoms with Crippen LogP contribution in [-0.2, 0) is 19.5 Å². The van der Waals surface area contributed by atoms with E-state index in [4.69, 9.17) is 5.73 Å². The number of H-pyrrole nitrogens is 1. The Morgan fingerprint density at radius 1 is 1.28 bits per heavy atom. The number of nitrogens with two attached hydrogens (primary N) is 1. The molecule has 1 aromatic heterocycles. The first-order valence-electron chi connectivity index (χ1n) is 5.94. The van der Waals surface area contributed by atoms with Gasteiger partial charge in [0.2, 0.25) is 0 Å². The molecule has 1 aromatic carbocycles. The highest BCUT2D eigenvalue weighted by Crippen LogP contribution is 2.08. The van der Waals surface area contributed by atoms with Crippen LogP contribution in [0, 0.1) is 0 Å². The van der Waals surface area contributed by atoms with Crippen LogP contribution in [0.4, 0.5) is 0 Å². The van der Waals surface area contributed by atoms with Crippen LogP contribution in [0.5, 0.6) is 0 Å². The molecule has 0 aliphatic heterocycles. The Bertz CT molecular complexity index is 547. The molecule has 0 fully saturated rings. The molecule has 0 saturated heterocycles. The quantitative estimate of drug-likeness (QED) is 0.686. The molecule has 0 aliphatic carbocycles. The Labute approximate surface area is 110 Å². The lowest BCUT2D eigenvalue weighted by molar-refractivity contribution is 0.674. The Morgan fingerprint density at radius 2 is 2.06 bits per heavy atom. The molecule has 1 heterocycles. The summed E-state index contributed by atoms with van der Waals surface area (Å²) < 4.78 is 0. The third-order valence-electron chi connectivity index (χ3n) is 2.80.